The number of aliphatic imine (C=N–C) groups is 1. The molecular formula is C14H11N3O2S. The van der Waals surface area contributed by atoms with E-state index < -0.39 is 15.6 Å². The second-order valence-electron chi connectivity index (χ2n) is 4.42. The van der Waals surface area contributed by atoms with E-state index in [-0.39, 0.29) is 5.69 Å². The molecule has 5 nitrogen and oxygen atoms in total. The number of hydrogen-bond donors (Lipinski definition) is 1. The number of rotatable bonds is 2. The molecule has 0 saturated heterocycles. The van der Waals surface area contributed by atoms with E-state index in [0.717, 1.165) is 16.1 Å². The van der Waals surface area contributed by atoms with Crippen LogP contribution in [0, 0.1) is 21.8 Å². The number of benzene rings is 2. The fourth-order valence-electron chi connectivity index (χ4n) is 2.18. The summed E-state index contributed by atoms with van der Waals surface area (Å²) in [5, 5.41) is 11.6. The Morgan fingerprint density at radius 3 is 2.65 bits per heavy atom. The van der Waals surface area contributed by atoms with E-state index in [1.807, 2.05) is 25.1 Å². The summed E-state index contributed by atoms with van der Waals surface area (Å²) >= 11 is 0. The van der Waals surface area contributed by atoms with Crippen LogP contribution in [0.3, 0.4) is 0 Å². The van der Waals surface area contributed by atoms with E-state index in [9.17, 15) is 10.1 Å². The summed E-state index contributed by atoms with van der Waals surface area (Å²) in [6.45, 7) is 1.93. The number of nitro benzene ring substituents is 1. The van der Waals surface area contributed by atoms with Crippen molar-refractivity contribution in [3.8, 4) is 0 Å². The van der Waals surface area contributed by atoms with Crippen molar-refractivity contribution in [3.05, 3.63) is 63.7 Å². The minimum atomic E-state index is -0.978. The highest BCUT2D eigenvalue weighted by atomic mass is 32.2. The zero-order valence-electron chi connectivity index (χ0n) is 10.7. The molecule has 0 radical (unpaired) electrons. The largest absolute Gasteiger partial charge is 0.279 e. The van der Waals surface area contributed by atoms with Gasteiger partial charge in [-0.2, -0.15) is 0 Å². The lowest BCUT2D eigenvalue weighted by atomic mass is 10.2. The molecule has 0 spiro atoms. The minimum Gasteiger partial charge on any atom is -0.269 e. The summed E-state index contributed by atoms with van der Waals surface area (Å²) in [5.41, 5.74) is 2.20. The van der Waals surface area contributed by atoms with Crippen molar-refractivity contribution in [2.45, 2.75) is 11.8 Å². The van der Waals surface area contributed by atoms with Gasteiger partial charge in [0.05, 0.1) is 21.1 Å². The third-order valence-corrected chi connectivity index (χ3v) is 4.63. The molecule has 3 rings (SSSR count). The van der Waals surface area contributed by atoms with Gasteiger partial charge < -0.3 is 0 Å². The Balaban J connectivity index is 2.20. The monoisotopic (exact) mass is 285 g/mol. The Morgan fingerprint density at radius 1 is 1.20 bits per heavy atom. The van der Waals surface area contributed by atoms with Gasteiger partial charge in [-0.3, -0.25) is 14.9 Å². The van der Waals surface area contributed by atoms with Gasteiger partial charge in [-0.25, -0.2) is 4.99 Å². The van der Waals surface area contributed by atoms with Gasteiger partial charge in [0.15, 0.2) is 0 Å². The molecule has 1 N–H and O–H groups in total. The normalized spacial score (nSPS) is 16.6. The fraction of sp³-hybridized carbons (Fsp3) is 0.0714. The Hall–Kier alpha value is -2.34. The Bertz CT molecular complexity index is 784. The first-order chi connectivity index (χ1) is 9.59. The molecule has 20 heavy (non-hydrogen) atoms. The number of nitrogens with zero attached hydrogens (tertiary/aromatic N) is 2. The number of fused-ring (bicyclic) bond motifs is 1. The summed E-state index contributed by atoms with van der Waals surface area (Å²) in [4.78, 5) is 16.0. The summed E-state index contributed by atoms with van der Waals surface area (Å²) in [7, 11) is -0.978. The first-order valence-electron chi connectivity index (χ1n) is 5.97. The molecule has 100 valence electrons. The van der Waals surface area contributed by atoms with E-state index in [1.165, 1.54) is 6.07 Å². The standard InChI is InChI=1S/C14H11N3O2S/c1-9-5-4-8-12-13(9)16-14(20(12)15)10-6-2-3-7-11(10)17(18)19/h2-8,15H,1H3. The molecule has 0 fully saturated rings. The molecule has 2 aromatic rings. The maximum atomic E-state index is 11.1. The van der Waals surface area contributed by atoms with E-state index in [4.69, 9.17) is 4.78 Å². The van der Waals surface area contributed by atoms with Crippen LogP contribution in [-0.2, 0) is 10.7 Å². The van der Waals surface area contributed by atoms with Crippen molar-refractivity contribution < 1.29 is 4.92 Å². The van der Waals surface area contributed by atoms with Crippen LogP contribution in [0.4, 0.5) is 11.4 Å². The SMILES string of the molecule is Cc1cccc2c1N=C(c1ccccc1[N+](=O)[O-])S2=N. The van der Waals surface area contributed by atoms with E-state index >= 15 is 0 Å². The minimum absolute atomic E-state index is 0.00135. The third-order valence-electron chi connectivity index (χ3n) is 3.16. The maximum absolute atomic E-state index is 11.1. The van der Waals surface area contributed by atoms with Gasteiger partial charge in [-0.1, -0.05) is 24.3 Å². The van der Waals surface area contributed by atoms with Crippen molar-refractivity contribution in [1.82, 2.24) is 0 Å². The van der Waals surface area contributed by atoms with Crippen LogP contribution in [0.5, 0.6) is 0 Å². The number of para-hydroxylation sites is 2. The van der Waals surface area contributed by atoms with Crippen molar-refractivity contribution in [2.75, 3.05) is 0 Å². The zero-order valence-corrected chi connectivity index (χ0v) is 11.5. The summed E-state index contributed by atoms with van der Waals surface area (Å²) < 4.78 is 8.32. The van der Waals surface area contributed by atoms with Crippen molar-refractivity contribution in [3.63, 3.8) is 0 Å². The highest BCUT2D eigenvalue weighted by molar-refractivity contribution is 8.02. The Labute approximate surface area is 118 Å². The van der Waals surface area contributed by atoms with E-state index in [1.54, 1.807) is 18.2 Å². The number of nitrogens with one attached hydrogen (secondary N) is 1. The lowest BCUT2D eigenvalue weighted by Gasteiger charge is -2.03. The lowest BCUT2D eigenvalue weighted by Crippen LogP contribution is -2.07. The van der Waals surface area contributed by atoms with Crippen LogP contribution in [0.1, 0.15) is 11.1 Å². The van der Waals surface area contributed by atoms with Crippen LogP contribution in [0.15, 0.2) is 52.4 Å². The molecule has 0 bridgehead atoms. The molecule has 2 aromatic carbocycles. The molecule has 1 unspecified atom stereocenters. The van der Waals surface area contributed by atoms with Crippen LogP contribution < -0.4 is 0 Å². The van der Waals surface area contributed by atoms with Gasteiger partial charge in [0.25, 0.3) is 5.69 Å². The van der Waals surface area contributed by atoms with Gasteiger partial charge in [-0.05, 0) is 35.3 Å². The highest BCUT2D eigenvalue weighted by Gasteiger charge is 2.27. The molecule has 1 aliphatic heterocycles. The predicted molar refractivity (Wildman–Crippen MR) is 78.8 cm³/mol. The molecule has 1 aliphatic rings. The fourth-order valence-corrected chi connectivity index (χ4v) is 3.57. The molecule has 6 heteroatoms. The lowest BCUT2D eigenvalue weighted by molar-refractivity contribution is -0.385. The molecular weight excluding hydrogens is 274 g/mol. The number of hydrogen-bond acceptors (Lipinski definition) is 4. The average Bonchev–Trinajstić information content (AvgIpc) is 2.78. The summed E-state index contributed by atoms with van der Waals surface area (Å²) in [5.74, 6) is 0. The molecule has 0 aromatic heterocycles. The highest BCUT2D eigenvalue weighted by Crippen LogP contribution is 2.37. The summed E-state index contributed by atoms with van der Waals surface area (Å²) in [6.07, 6.45) is 0. The smallest absolute Gasteiger partial charge is 0.269 e. The molecule has 1 atom stereocenters. The molecule has 0 aliphatic carbocycles. The van der Waals surface area contributed by atoms with Gasteiger partial charge in [0, 0.05) is 6.07 Å². The topological polar surface area (TPSA) is 79.3 Å². The maximum Gasteiger partial charge on any atom is 0.279 e. The predicted octanol–water partition coefficient (Wildman–Crippen LogP) is 3.73. The van der Waals surface area contributed by atoms with Crippen LogP contribution in [0.2, 0.25) is 0 Å². The first kappa shape index (κ1) is 12.7. The number of aryl methyl sites for hydroxylation is 1. The molecule has 0 amide bonds. The molecule has 1 heterocycles. The molecule has 0 saturated carbocycles. The number of nitro groups is 1. The van der Waals surface area contributed by atoms with Gasteiger partial charge in [-0.15, -0.1) is 0 Å². The van der Waals surface area contributed by atoms with E-state index in [0.29, 0.717) is 10.6 Å². The second kappa shape index (κ2) is 4.64. The quantitative estimate of drug-likeness (QED) is 0.673. The Morgan fingerprint density at radius 2 is 1.95 bits per heavy atom. The third kappa shape index (κ3) is 1.85. The average molecular weight is 285 g/mol. The van der Waals surface area contributed by atoms with E-state index in [2.05, 4.69) is 4.99 Å². The van der Waals surface area contributed by atoms with Crippen molar-refractivity contribution in [1.29, 1.82) is 4.78 Å². The van der Waals surface area contributed by atoms with Crippen molar-refractivity contribution >= 4 is 27.1 Å². The van der Waals surface area contributed by atoms with Crippen LogP contribution >= 0.6 is 0 Å². The first-order valence-corrected chi connectivity index (χ1v) is 7.19. The second-order valence-corrected chi connectivity index (χ2v) is 5.86. The van der Waals surface area contributed by atoms with Gasteiger partial charge in [0.1, 0.15) is 5.04 Å². The summed E-state index contributed by atoms with van der Waals surface area (Å²) in [6, 6.07) is 12.2. The van der Waals surface area contributed by atoms with Crippen molar-refractivity contribution in [2.24, 2.45) is 4.99 Å². The van der Waals surface area contributed by atoms with Crippen LogP contribution in [-0.4, -0.2) is 9.97 Å². The van der Waals surface area contributed by atoms with Gasteiger partial charge in [0.2, 0.25) is 0 Å². The zero-order chi connectivity index (χ0) is 14.3. The Kier molecular flexibility index (Phi) is 2.94. The van der Waals surface area contributed by atoms with Gasteiger partial charge >= 0.3 is 0 Å². The van der Waals surface area contributed by atoms with Crippen LogP contribution in [0.25, 0.3) is 0 Å².